The van der Waals surface area contributed by atoms with Gasteiger partial charge in [0.1, 0.15) is 11.4 Å². The highest BCUT2D eigenvalue weighted by atomic mass is 19.1. The summed E-state index contributed by atoms with van der Waals surface area (Å²) in [5.41, 5.74) is -0.141. The lowest BCUT2D eigenvalue weighted by atomic mass is 9.76. The zero-order valence-corrected chi connectivity index (χ0v) is 13.5. The summed E-state index contributed by atoms with van der Waals surface area (Å²) in [6, 6.07) is 6.71. The van der Waals surface area contributed by atoms with Crippen LogP contribution in [0.3, 0.4) is 0 Å². The highest BCUT2D eigenvalue weighted by Gasteiger charge is 2.39. The van der Waals surface area contributed by atoms with Gasteiger partial charge in [-0.15, -0.1) is 0 Å². The van der Waals surface area contributed by atoms with E-state index in [0.717, 1.165) is 19.3 Å². The molecule has 4 nitrogen and oxygen atoms in total. The van der Waals surface area contributed by atoms with Crippen LogP contribution in [0.25, 0.3) is 0 Å². The lowest BCUT2D eigenvalue weighted by Gasteiger charge is -2.42. The van der Waals surface area contributed by atoms with Crippen molar-refractivity contribution in [3.8, 4) is 0 Å². The van der Waals surface area contributed by atoms with Crippen molar-refractivity contribution < 1.29 is 13.9 Å². The van der Waals surface area contributed by atoms with Crippen LogP contribution in [0, 0.1) is 5.82 Å². The molecule has 0 bridgehead atoms. The van der Waals surface area contributed by atoms with Crippen LogP contribution in [0.4, 0.5) is 9.18 Å². The first-order valence-electron chi connectivity index (χ1n) is 7.75. The molecule has 1 aliphatic rings. The molecule has 0 saturated heterocycles. The number of carbonyl (C=O) groups is 1. The maximum Gasteiger partial charge on any atom is 0.408 e. The number of nitrogens with one attached hydrogen (secondary N) is 2. The van der Waals surface area contributed by atoms with Gasteiger partial charge >= 0.3 is 6.09 Å². The molecular formula is C17H25FN2O2. The lowest BCUT2D eigenvalue weighted by Crippen LogP contribution is -2.59. The van der Waals surface area contributed by atoms with Crippen LogP contribution in [0.15, 0.2) is 24.3 Å². The Hall–Kier alpha value is -1.62. The van der Waals surface area contributed by atoms with E-state index < -0.39 is 5.60 Å². The minimum Gasteiger partial charge on any atom is -0.444 e. The molecule has 0 spiro atoms. The van der Waals surface area contributed by atoms with Crippen molar-refractivity contribution in [2.75, 3.05) is 6.54 Å². The standard InChI is InChI=1S/C17H25FN2O2/c1-16(2,3)22-15(21)20-17(9-6-10-17)12-19-11-13-7-4-5-8-14(13)18/h4-5,7-8,19H,6,9-12H2,1-3H3,(H,20,21). The average Bonchev–Trinajstić information content (AvgIpc) is 2.35. The van der Waals surface area contributed by atoms with Crippen molar-refractivity contribution in [2.24, 2.45) is 0 Å². The van der Waals surface area contributed by atoms with Gasteiger partial charge in [-0.05, 0) is 46.1 Å². The topological polar surface area (TPSA) is 50.4 Å². The number of carbonyl (C=O) groups excluding carboxylic acids is 1. The van der Waals surface area contributed by atoms with Crippen LogP contribution in [0.1, 0.15) is 45.6 Å². The first-order valence-corrected chi connectivity index (χ1v) is 7.75. The van der Waals surface area contributed by atoms with Gasteiger partial charge in [0.05, 0.1) is 5.54 Å². The second-order valence-electron chi connectivity index (χ2n) is 6.96. The molecule has 0 heterocycles. The summed E-state index contributed by atoms with van der Waals surface area (Å²) in [4.78, 5) is 11.9. The van der Waals surface area contributed by atoms with Crippen molar-refractivity contribution in [2.45, 2.75) is 57.7 Å². The fraction of sp³-hybridized carbons (Fsp3) is 0.588. The third kappa shape index (κ3) is 4.70. The maximum atomic E-state index is 13.6. The van der Waals surface area contributed by atoms with Gasteiger partial charge in [-0.3, -0.25) is 0 Å². The van der Waals surface area contributed by atoms with E-state index in [2.05, 4.69) is 10.6 Å². The van der Waals surface area contributed by atoms with E-state index >= 15 is 0 Å². The molecule has 1 amide bonds. The average molecular weight is 308 g/mol. The number of amides is 1. The molecule has 0 radical (unpaired) electrons. The molecule has 1 aromatic rings. The molecule has 1 aromatic carbocycles. The third-order valence-corrected chi connectivity index (χ3v) is 3.81. The van der Waals surface area contributed by atoms with Crippen LogP contribution in [-0.4, -0.2) is 23.8 Å². The summed E-state index contributed by atoms with van der Waals surface area (Å²) in [6.07, 6.45) is 2.52. The van der Waals surface area contributed by atoms with Gasteiger partial charge in [-0.2, -0.15) is 0 Å². The number of alkyl carbamates (subject to hydrolysis) is 1. The predicted molar refractivity (Wildman–Crippen MR) is 84.1 cm³/mol. The zero-order valence-electron chi connectivity index (χ0n) is 13.5. The van der Waals surface area contributed by atoms with Gasteiger partial charge < -0.3 is 15.4 Å². The number of halogens is 1. The maximum absolute atomic E-state index is 13.6. The monoisotopic (exact) mass is 308 g/mol. The molecule has 122 valence electrons. The van der Waals surface area contributed by atoms with Crippen molar-refractivity contribution >= 4 is 6.09 Å². The first kappa shape index (κ1) is 16.7. The summed E-state index contributed by atoms with van der Waals surface area (Å²) in [5.74, 6) is -0.210. The first-order chi connectivity index (χ1) is 10.3. The Morgan fingerprint density at radius 3 is 2.55 bits per heavy atom. The van der Waals surface area contributed by atoms with Crippen LogP contribution in [0.5, 0.6) is 0 Å². The quantitative estimate of drug-likeness (QED) is 0.877. The van der Waals surface area contributed by atoms with E-state index in [1.165, 1.54) is 6.07 Å². The summed E-state index contributed by atoms with van der Waals surface area (Å²) in [5, 5.41) is 6.21. The Morgan fingerprint density at radius 1 is 1.32 bits per heavy atom. The number of rotatable bonds is 5. The van der Waals surface area contributed by atoms with E-state index in [1.807, 2.05) is 26.8 Å². The number of ether oxygens (including phenoxy) is 1. The van der Waals surface area contributed by atoms with Gasteiger partial charge in [-0.1, -0.05) is 18.2 Å². The fourth-order valence-electron chi connectivity index (χ4n) is 2.55. The summed E-state index contributed by atoms with van der Waals surface area (Å²) in [6.45, 7) is 6.59. The van der Waals surface area contributed by atoms with E-state index in [4.69, 9.17) is 4.74 Å². The minimum absolute atomic E-state index is 0.210. The Labute approximate surface area is 131 Å². The summed E-state index contributed by atoms with van der Waals surface area (Å²) >= 11 is 0. The Kier molecular flexibility index (Phi) is 5.06. The van der Waals surface area contributed by atoms with Crippen LogP contribution in [0.2, 0.25) is 0 Å². The Bertz CT molecular complexity index is 522. The Balaban J connectivity index is 1.84. The molecule has 1 fully saturated rings. The van der Waals surface area contributed by atoms with E-state index in [9.17, 15) is 9.18 Å². The highest BCUT2D eigenvalue weighted by Crippen LogP contribution is 2.31. The van der Waals surface area contributed by atoms with Gasteiger partial charge in [0, 0.05) is 18.7 Å². The fourth-order valence-corrected chi connectivity index (χ4v) is 2.55. The van der Waals surface area contributed by atoms with Crippen molar-refractivity contribution in [3.63, 3.8) is 0 Å². The minimum atomic E-state index is -0.504. The van der Waals surface area contributed by atoms with E-state index in [-0.39, 0.29) is 17.4 Å². The molecule has 2 rings (SSSR count). The molecule has 0 aromatic heterocycles. The molecule has 22 heavy (non-hydrogen) atoms. The highest BCUT2D eigenvalue weighted by molar-refractivity contribution is 5.69. The number of hydrogen-bond acceptors (Lipinski definition) is 3. The molecule has 0 unspecified atom stereocenters. The van der Waals surface area contributed by atoms with E-state index in [1.54, 1.807) is 12.1 Å². The van der Waals surface area contributed by atoms with Gasteiger partial charge in [0.15, 0.2) is 0 Å². The summed E-state index contributed by atoms with van der Waals surface area (Å²) in [7, 11) is 0. The molecule has 5 heteroatoms. The Morgan fingerprint density at radius 2 is 2.00 bits per heavy atom. The van der Waals surface area contributed by atoms with Crippen LogP contribution in [-0.2, 0) is 11.3 Å². The molecule has 1 saturated carbocycles. The van der Waals surface area contributed by atoms with Gasteiger partial charge in [-0.25, -0.2) is 9.18 Å². The number of benzene rings is 1. The second-order valence-corrected chi connectivity index (χ2v) is 6.96. The molecule has 2 N–H and O–H groups in total. The van der Waals surface area contributed by atoms with Gasteiger partial charge in [0.2, 0.25) is 0 Å². The summed E-state index contributed by atoms with van der Waals surface area (Å²) < 4.78 is 18.9. The largest absolute Gasteiger partial charge is 0.444 e. The van der Waals surface area contributed by atoms with E-state index in [0.29, 0.717) is 18.7 Å². The van der Waals surface area contributed by atoms with Crippen molar-refractivity contribution in [3.05, 3.63) is 35.6 Å². The zero-order chi connectivity index (χ0) is 16.2. The molecule has 1 aliphatic carbocycles. The molecular weight excluding hydrogens is 283 g/mol. The SMILES string of the molecule is CC(C)(C)OC(=O)NC1(CNCc2ccccc2F)CCC1. The third-order valence-electron chi connectivity index (χ3n) is 3.81. The second kappa shape index (κ2) is 6.65. The van der Waals surface area contributed by atoms with Crippen molar-refractivity contribution in [1.29, 1.82) is 0 Å². The van der Waals surface area contributed by atoms with Crippen molar-refractivity contribution in [1.82, 2.24) is 10.6 Å². The smallest absolute Gasteiger partial charge is 0.408 e. The van der Waals surface area contributed by atoms with Crippen LogP contribution < -0.4 is 10.6 Å². The predicted octanol–water partition coefficient (Wildman–Crippen LogP) is 3.36. The normalized spacial score (nSPS) is 16.7. The van der Waals surface area contributed by atoms with Crippen LogP contribution >= 0.6 is 0 Å². The van der Waals surface area contributed by atoms with Gasteiger partial charge in [0.25, 0.3) is 0 Å². The number of hydrogen-bond donors (Lipinski definition) is 2. The molecule has 0 aliphatic heterocycles. The lowest BCUT2D eigenvalue weighted by molar-refractivity contribution is 0.0382. The molecule has 0 atom stereocenters.